The van der Waals surface area contributed by atoms with Crippen LogP contribution in [0.3, 0.4) is 0 Å². The molecule has 5 heteroatoms. The number of benzene rings is 2. The molecule has 0 N–H and O–H groups in total. The minimum Gasteiger partial charge on any atom is -0.464 e. The molecule has 2 fully saturated rings. The largest absolute Gasteiger partial charge is 0.464 e. The molecule has 0 bridgehead atoms. The van der Waals surface area contributed by atoms with E-state index in [1.165, 1.54) is 0 Å². The van der Waals surface area contributed by atoms with Crippen LogP contribution in [0.4, 0.5) is 0 Å². The minimum atomic E-state index is -0.0774. The van der Waals surface area contributed by atoms with E-state index in [2.05, 4.69) is 18.2 Å². The van der Waals surface area contributed by atoms with Gasteiger partial charge in [-0.05, 0) is 29.7 Å². The van der Waals surface area contributed by atoms with Crippen molar-refractivity contribution in [2.24, 2.45) is 5.92 Å². The summed E-state index contributed by atoms with van der Waals surface area (Å²) in [6.45, 7) is 2.91. The lowest BCUT2D eigenvalue weighted by Gasteiger charge is -2.33. The Bertz CT molecular complexity index is 965. The summed E-state index contributed by atoms with van der Waals surface area (Å²) >= 11 is 0. The van der Waals surface area contributed by atoms with Gasteiger partial charge in [-0.25, -0.2) is 0 Å². The number of piperidine rings is 1. The number of hydrogen-bond acceptors (Lipinski definition) is 4. The van der Waals surface area contributed by atoms with E-state index in [0.29, 0.717) is 25.6 Å². The molecule has 2 saturated heterocycles. The molecular formula is C22H23NO4. The van der Waals surface area contributed by atoms with Crippen LogP contribution in [-0.4, -0.2) is 43.4 Å². The van der Waals surface area contributed by atoms with Crippen LogP contribution in [0.1, 0.15) is 18.4 Å². The molecule has 1 aromatic heterocycles. The smallest absolute Gasteiger partial charge is 0.227 e. The number of ether oxygens (including phenoxy) is 2. The van der Waals surface area contributed by atoms with E-state index in [9.17, 15) is 4.79 Å². The van der Waals surface area contributed by atoms with Crippen molar-refractivity contribution in [3.05, 3.63) is 48.2 Å². The number of rotatable bonds is 3. The van der Waals surface area contributed by atoms with Gasteiger partial charge in [-0.1, -0.05) is 30.3 Å². The van der Waals surface area contributed by atoms with Gasteiger partial charge in [0.2, 0.25) is 5.91 Å². The third kappa shape index (κ3) is 3.11. The molecule has 5 rings (SSSR count). The number of likely N-dealkylation sites (tertiary alicyclic amines) is 1. The second-order valence-electron chi connectivity index (χ2n) is 7.43. The third-order valence-corrected chi connectivity index (χ3v) is 5.81. The number of nitrogens with zero attached hydrogens (tertiary/aromatic N) is 1. The Hall–Kier alpha value is -2.37. The summed E-state index contributed by atoms with van der Waals surface area (Å²) in [5.41, 5.74) is 1.81. The van der Waals surface area contributed by atoms with Crippen LogP contribution < -0.4 is 0 Å². The van der Waals surface area contributed by atoms with Crippen LogP contribution >= 0.6 is 0 Å². The number of furan rings is 1. The first kappa shape index (κ1) is 16.8. The molecule has 0 unspecified atom stereocenters. The zero-order valence-electron chi connectivity index (χ0n) is 15.2. The summed E-state index contributed by atoms with van der Waals surface area (Å²) in [7, 11) is 0. The summed E-state index contributed by atoms with van der Waals surface area (Å²) in [5, 5.41) is 3.36. The van der Waals surface area contributed by atoms with Crippen molar-refractivity contribution in [1.82, 2.24) is 4.90 Å². The predicted molar refractivity (Wildman–Crippen MR) is 102 cm³/mol. The molecule has 2 aliphatic rings. The van der Waals surface area contributed by atoms with Crippen LogP contribution in [0.2, 0.25) is 0 Å². The number of carbonyl (C=O) groups excluding carboxylic acids is 1. The van der Waals surface area contributed by atoms with Gasteiger partial charge in [-0.2, -0.15) is 0 Å². The highest BCUT2D eigenvalue weighted by Gasteiger charge is 2.31. The van der Waals surface area contributed by atoms with E-state index in [-0.39, 0.29) is 12.2 Å². The van der Waals surface area contributed by atoms with Gasteiger partial charge in [-0.15, -0.1) is 0 Å². The van der Waals surface area contributed by atoms with Crippen molar-refractivity contribution >= 4 is 27.6 Å². The average molecular weight is 365 g/mol. The summed E-state index contributed by atoms with van der Waals surface area (Å²) in [5.74, 6) is 0.563. The van der Waals surface area contributed by atoms with Crippen LogP contribution in [0.25, 0.3) is 21.7 Å². The van der Waals surface area contributed by atoms with E-state index in [4.69, 9.17) is 13.9 Å². The zero-order chi connectivity index (χ0) is 18.2. The van der Waals surface area contributed by atoms with Gasteiger partial charge in [0.15, 0.2) is 6.29 Å². The average Bonchev–Trinajstić information content (AvgIpc) is 3.38. The molecule has 1 amide bonds. The number of amides is 1. The van der Waals surface area contributed by atoms with Gasteiger partial charge < -0.3 is 18.8 Å². The Morgan fingerprint density at radius 3 is 2.63 bits per heavy atom. The van der Waals surface area contributed by atoms with Gasteiger partial charge in [0.1, 0.15) is 5.58 Å². The lowest BCUT2D eigenvalue weighted by atomic mass is 9.95. The third-order valence-electron chi connectivity index (χ3n) is 5.81. The van der Waals surface area contributed by atoms with E-state index in [0.717, 1.165) is 53.2 Å². The Balaban J connectivity index is 1.32. The SMILES string of the molecule is O=C(Cc1coc2ccc3ccccc3c12)N1CCC(C2OCCO2)CC1. The van der Waals surface area contributed by atoms with Crippen molar-refractivity contribution < 1.29 is 18.7 Å². The Morgan fingerprint density at radius 1 is 1.04 bits per heavy atom. The predicted octanol–water partition coefficient (Wildman–Crippen LogP) is 3.74. The van der Waals surface area contributed by atoms with Crippen molar-refractivity contribution in [3.63, 3.8) is 0 Å². The molecule has 0 atom stereocenters. The van der Waals surface area contributed by atoms with Crippen LogP contribution in [0, 0.1) is 5.92 Å². The lowest BCUT2D eigenvalue weighted by molar-refractivity contribution is -0.136. The fourth-order valence-corrected chi connectivity index (χ4v) is 4.35. The molecule has 0 aliphatic carbocycles. The minimum absolute atomic E-state index is 0.0774. The highest BCUT2D eigenvalue weighted by Crippen LogP contribution is 2.31. The monoisotopic (exact) mass is 365 g/mol. The van der Waals surface area contributed by atoms with E-state index in [1.54, 1.807) is 6.26 Å². The zero-order valence-corrected chi connectivity index (χ0v) is 15.2. The van der Waals surface area contributed by atoms with Crippen molar-refractivity contribution in [3.8, 4) is 0 Å². The fraction of sp³-hybridized carbons (Fsp3) is 0.409. The van der Waals surface area contributed by atoms with Crippen LogP contribution in [0.15, 0.2) is 47.1 Å². The normalized spacial score (nSPS) is 19.3. The quantitative estimate of drug-likeness (QED) is 0.709. The van der Waals surface area contributed by atoms with Gasteiger partial charge in [-0.3, -0.25) is 4.79 Å². The fourth-order valence-electron chi connectivity index (χ4n) is 4.35. The topological polar surface area (TPSA) is 51.9 Å². The van der Waals surface area contributed by atoms with Crippen molar-refractivity contribution in [2.45, 2.75) is 25.6 Å². The van der Waals surface area contributed by atoms with Gasteiger partial charge in [0.05, 0.1) is 25.9 Å². The van der Waals surface area contributed by atoms with E-state index < -0.39 is 0 Å². The number of hydrogen-bond donors (Lipinski definition) is 0. The highest BCUT2D eigenvalue weighted by molar-refractivity contribution is 6.08. The summed E-state index contributed by atoms with van der Waals surface area (Å²) in [6, 6.07) is 12.3. The molecule has 140 valence electrons. The first-order chi connectivity index (χ1) is 13.3. The Morgan fingerprint density at radius 2 is 1.81 bits per heavy atom. The van der Waals surface area contributed by atoms with E-state index in [1.807, 2.05) is 23.1 Å². The second-order valence-corrected chi connectivity index (χ2v) is 7.43. The van der Waals surface area contributed by atoms with Crippen molar-refractivity contribution in [1.29, 1.82) is 0 Å². The molecule has 27 heavy (non-hydrogen) atoms. The maximum Gasteiger partial charge on any atom is 0.227 e. The van der Waals surface area contributed by atoms with Crippen molar-refractivity contribution in [2.75, 3.05) is 26.3 Å². The van der Waals surface area contributed by atoms with Gasteiger partial charge in [0.25, 0.3) is 0 Å². The highest BCUT2D eigenvalue weighted by atomic mass is 16.7. The molecule has 0 spiro atoms. The molecule has 3 aromatic rings. The maximum atomic E-state index is 12.9. The Labute approximate surface area is 157 Å². The summed E-state index contributed by atoms with van der Waals surface area (Å²) < 4.78 is 17.0. The molecule has 0 saturated carbocycles. The molecule has 5 nitrogen and oxygen atoms in total. The lowest BCUT2D eigenvalue weighted by Crippen LogP contribution is -2.42. The molecule has 2 aliphatic heterocycles. The number of carbonyl (C=O) groups is 1. The van der Waals surface area contributed by atoms with Gasteiger partial charge in [0, 0.05) is 30.0 Å². The van der Waals surface area contributed by atoms with Crippen LogP contribution in [0.5, 0.6) is 0 Å². The van der Waals surface area contributed by atoms with Crippen LogP contribution in [-0.2, 0) is 20.7 Å². The van der Waals surface area contributed by atoms with Gasteiger partial charge >= 0.3 is 0 Å². The first-order valence-electron chi connectivity index (χ1n) is 9.68. The molecular weight excluding hydrogens is 342 g/mol. The maximum absolute atomic E-state index is 12.9. The summed E-state index contributed by atoms with van der Waals surface area (Å²) in [4.78, 5) is 14.9. The van der Waals surface area contributed by atoms with E-state index >= 15 is 0 Å². The first-order valence-corrected chi connectivity index (χ1v) is 9.68. The molecule has 3 heterocycles. The Kier molecular flexibility index (Phi) is 4.34. The molecule has 2 aromatic carbocycles. The molecule has 0 radical (unpaired) electrons. The second kappa shape index (κ2) is 6.98. The summed E-state index contributed by atoms with van der Waals surface area (Å²) in [6.07, 6.45) is 3.91. The number of fused-ring (bicyclic) bond motifs is 3. The standard InChI is InChI=1S/C22H23NO4/c24-20(23-9-7-16(8-10-23)22-25-11-12-26-22)13-17-14-27-19-6-5-15-3-1-2-4-18(15)21(17)19/h1-6,14,16,22H,7-13H2.